The van der Waals surface area contributed by atoms with Gasteiger partial charge in [-0.1, -0.05) is 29.8 Å². The summed E-state index contributed by atoms with van der Waals surface area (Å²) in [5, 5.41) is 2.97. The average molecular weight is 473 g/mol. The summed E-state index contributed by atoms with van der Waals surface area (Å²) in [5.41, 5.74) is 0.912. The number of halogens is 1. The first-order chi connectivity index (χ1) is 14.9. The molecule has 4 aromatic rings. The maximum atomic E-state index is 12.9. The van der Waals surface area contributed by atoms with E-state index in [1.54, 1.807) is 29.4 Å². The second kappa shape index (κ2) is 7.83. The van der Waals surface area contributed by atoms with Gasteiger partial charge in [0.1, 0.15) is 20.2 Å². The molecule has 31 heavy (non-hydrogen) atoms. The molecule has 0 spiro atoms. The van der Waals surface area contributed by atoms with E-state index in [2.05, 4.69) is 14.7 Å². The van der Waals surface area contributed by atoms with Gasteiger partial charge in [-0.15, -0.1) is 11.3 Å². The van der Waals surface area contributed by atoms with E-state index in [1.807, 2.05) is 30.3 Å². The van der Waals surface area contributed by atoms with E-state index < -0.39 is 16.1 Å². The highest BCUT2D eigenvalue weighted by atomic mass is 35.5. The molecule has 1 aliphatic heterocycles. The Balaban J connectivity index is 1.32. The van der Waals surface area contributed by atoms with Gasteiger partial charge in [0.25, 0.3) is 10.0 Å². The van der Waals surface area contributed by atoms with Gasteiger partial charge in [-0.2, -0.15) is 4.72 Å². The number of nitrogens with zero attached hydrogens (tertiary/aromatic N) is 3. The standard InChI is InChI=1S/C21H17ClN4O3S2/c22-19-16-10-13(3-4-14(16)5-8-23-19)12-26-9-6-17(21(26)27)25-31(28,29)18-11-15-2-1-7-24-20(15)30-18/h1-5,7-8,10-11,17,25H,6,9,12H2/t17-/m0/s1. The fourth-order valence-corrected chi connectivity index (χ4v) is 6.50. The second-order valence-electron chi connectivity index (χ2n) is 7.34. The lowest BCUT2D eigenvalue weighted by atomic mass is 10.1. The lowest BCUT2D eigenvalue weighted by molar-refractivity contribution is -0.129. The molecule has 0 saturated carbocycles. The SMILES string of the molecule is O=C1[C@@H](NS(=O)(=O)c2cc3cccnc3s2)CCN1Cc1ccc2ccnc(Cl)c2c1. The molecular weight excluding hydrogens is 456 g/mol. The molecular formula is C21H17ClN4O3S2. The van der Waals surface area contributed by atoms with Crippen LogP contribution in [-0.2, 0) is 21.4 Å². The van der Waals surface area contributed by atoms with Gasteiger partial charge in [0.15, 0.2) is 0 Å². The number of rotatable bonds is 5. The molecule has 7 nitrogen and oxygen atoms in total. The van der Waals surface area contributed by atoms with Gasteiger partial charge in [0.05, 0.1) is 0 Å². The predicted octanol–water partition coefficient (Wildman–Crippen LogP) is 3.58. The van der Waals surface area contributed by atoms with Crippen LogP contribution in [0.2, 0.25) is 5.15 Å². The summed E-state index contributed by atoms with van der Waals surface area (Å²) < 4.78 is 28.4. The number of fused-ring (bicyclic) bond motifs is 2. The Hall–Kier alpha value is -2.59. The van der Waals surface area contributed by atoms with Crippen LogP contribution in [0.3, 0.4) is 0 Å². The second-order valence-corrected chi connectivity index (χ2v) is 10.7. The molecule has 1 aliphatic rings. The number of pyridine rings is 2. The highest BCUT2D eigenvalue weighted by Crippen LogP contribution is 2.28. The van der Waals surface area contributed by atoms with Crippen molar-refractivity contribution >= 4 is 59.9 Å². The minimum Gasteiger partial charge on any atom is -0.337 e. The first kappa shape index (κ1) is 20.3. The molecule has 1 aromatic carbocycles. The molecule has 1 amide bonds. The van der Waals surface area contributed by atoms with Crippen LogP contribution in [-0.4, -0.2) is 41.8 Å². The Morgan fingerprint density at radius 1 is 1.13 bits per heavy atom. The van der Waals surface area contributed by atoms with Crippen LogP contribution in [0.25, 0.3) is 21.0 Å². The van der Waals surface area contributed by atoms with E-state index in [4.69, 9.17) is 11.6 Å². The minimum atomic E-state index is -3.81. The number of likely N-dealkylation sites (tertiary alicyclic amines) is 1. The predicted molar refractivity (Wildman–Crippen MR) is 121 cm³/mol. The summed E-state index contributed by atoms with van der Waals surface area (Å²) in [6.45, 7) is 0.851. The number of hydrogen-bond donors (Lipinski definition) is 1. The molecule has 0 unspecified atom stereocenters. The highest BCUT2D eigenvalue weighted by Gasteiger charge is 2.35. The fraction of sp³-hybridized carbons (Fsp3) is 0.190. The number of hydrogen-bond acceptors (Lipinski definition) is 6. The van der Waals surface area contributed by atoms with Crippen molar-refractivity contribution in [3.05, 3.63) is 65.6 Å². The molecule has 0 radical (unpaired) electrons. The van der Waals surface area contributed by atoms with E-state index in [-0.39, 0.29) is 10.1 Å². The number of carbonyl (C=O) groups is 1. The zero-order valence-corrected chi connectivity index (χ0v) is 18.5. The van der Waals surface area contributed by atoms with Gasteiger partial charge < -0.3 is 4.90 Å². The normalized spacial score (nSPS) is 17.1. The minimum absolute atomic E-state index is 0.157. The zero-order chi connectivity index (χ0) is 21.6. The van der Waals surface area contributed by atoms with E-state index in [0.717, 1.165) is 33.1 Å². The molecule has 158 valence electrons. The number of thiophene rings is 1. The fourth-order valence-electron chi connectivity index (χ4n) is 3.73. The number of benzene rings is 1. The molecule has 0 aliphatic carbocycles. The van der Waals surface area contributed by atoms with Crippen molar-refractivity contribution in [1.29, 1.82) is 0 Å². The van der Waals surface area contributed by atoms with Crippen molar-refractivity contribution in [3.8, 4) is 0 Å². The van der Waals surface area contributed by atoms with Crippen molar-refractivity contribution < 1.29 is 13.2 Å². The highest BCUT2D eigenvalue weighted by molar-refractivity contribution is 7.91. The lowest BCUT2D eigenvalue weighted by Gasteiger charge is -2.17. The lowest BCUT2D eigenvalue weighted by Crippen LogP contribution is -2.41. The number of aromatic nitrogens is 2. The van der Waals surface area contributed by atoms with Crippen molar-refractivity contribution in [1.82, 2.24) is 19.6 Å². The third-order valence-corrected chi connectivity index (χ3v) is 8.59. The number of sulfonamides is 1. The first-order valence-electron chi connectivity index (χ1n) is 9.59. The van der Waals surface area contributed by atoms with Crippen molar-refractivity contribution in [2.24, 2.45) is 0 Å². The summed E-state index contributed by atoms with van der Waals surface area (Å²) in [4.78, 5) is 23.5. The summed E-state index contributed by atoms with van der Waals surface area (Å²) in [6, 6.07) is 12.0. The van der Waals surface area contributed by atoms with Crippen LogP contribution in [0.1, 0.15) is 12.0 Å². The van der Waals surface area contributed by atoms with E-state index in [0.29, 0.717) is 29.5 Å². The van der Waals surface area contributed by atoms with Crippen LogP contribution in [0, 0.1) is 0 Å². The maximum absolute atomic E-state index is 12.9. The van der Waals surface area contributed by atoms with Gasteiger partial charge in [-0.05, 0) is 41.6 Å². The zero-order valence-electron chi connectivity index (χ0n) is 16.2. The van der Waals surface area contributed by atoms with Gasteiger partial charge in [0.2, 0.25) is 5.91 Å². The van der Waals surface area contributed by atoms with Crippen LogP contribution in [0.4, 0.5) is 0 Å². The quantitative estimate of drug-likeness (QED) is 0.448. The topological polar surface area (TPSA) is 92.3 Å². The maximum Gasteiger partial charge on any atom is 0.250 e. The number of carbonyl (C=O) groups excluding carboxylic acids is 1. The number of nitrogens with one attached hydrogen (secondary N) is 1. The molecule has 0 bridgehead atoms. The molecule has 1 fully saturated rings. The Bertz CT molecular complexity index is 1390. The summed E-state index contributed by atoms with van der Waals surface area (Å²) >= 11 is 7.28. The Morgan fingerprint density at radius 2 is 2.00 bits per heavy atom. The molecule has 3 aromatic heterocycles. The summed E-state index contributed by atoms with van der Waals surface area (Å²) in [7, 11) is -3.81. The van der Waals surface area contributed by atoms with Crippen LogP contribution >= 0.6 is 22.9 Å². The van der Waals surface area contributed by atoms with Crippen LogP contribution < -0.4 is 4.72 Å². The van der Waals surface area contributed by atoms with Gasteiger partial charge in [0, 0.05) is 36.3 Å². The molecule has 10 heteroatoms. The van der Waals surface area contributed by atoms with E-state index >= 15 is 0 Å². The van der Waals surface area contributed by atoms with Gasteiger partial charge in [-0.25, -0.2) is 18.4 Å². The molecule has 1 atom stereocenters. The largest absolute Gasteiger partial charge is 0.337 e. The van der Waals surface area contributed by atoms with Crippen molar-refractivity contribution in [3.63, 3.8) is 0 Å². The Morgan fingerprint density at radius 3 is 2.84 bits per heavy atom. The van der Waals surface area contributed by atoms with Gasteiger partial charge >= 0.3 is 0 Å². The van der Waals surface area contributed by atoms with Gasteiger partial charge in [-0.3, -0.25) is 4.79 Å². The van der Waals surface area contributed by atoms with E-state index in [9.17, 15) is 13.2 Å². The Labute approximate surface area is 187 Å². The molecule has 1 saturated heterocycles. The number of amides is 1. The smallest absolute Gasteiger partial charge is 0.250 e. The summed E-state index contributed by atoms with van der Waals surface area (Å²) in [6.07, 6.45) is 3.69. The average Bonchev–Trinajstić information content (AvgIpc) is 3.34. The third-order valence-electron chi connectivity index (χ3n) is 5.29. The summed E-state index contributed by atoms with van der Waals surface area (Å²) in [5.74, 6) is -0.236. The monoisotopic (exact) mass is 472 g/mol. The van der Waals surface area contributed by atoms with Crippen LogP contribution in [0.5, 0.6) is 0 Å². The molecule has 4 heterocycles. The van der Waals surface area contributed by atoms with E-state index in [1.165, 1.54) is 0 Å². The molecule has 5 rings (SSSR count). The van der Waals surface area contributed by atoms with Crippen molar-refractivity contribution in [2.45, 2.75) is 23.2 Å². The first-order valence-corrected chi connectivity index (χ1v) is 12.3. The van der Waals surface area contributed by atoms with Crippen molar-refractivity contribution in [2.75, 3.05) is 6.54 Å². The molecule has 1 N–H and O–H groups in total. The third kappa shape index (κ3) is 3.89. The van der Waals surface area contributed by atoms with Crippen LogP contribution in [0.15, 0.2) is 59.1 Å². The Kier molecular flexibility index (Phi) is 5.13.